The summed E-state index contributed by atoms with van der Waals surface area (Å²) in [5.74, 6) is 1.17. The zero-order valence-electron chi connectivity index (χ0n) is 15.5. The fourth-order valence-corrected chi connectivity index (χ4v) is 3.14. The van der Waals surface area contributed by atoms with Crippen molar-refractivity contribution in [2.45, 2.75) is 13.2 Å². The van der Waals surface area contributed by atoms with E-state index in [4.69, 9.17) is 9.26 Å². The zero-order chi connectivity index (χ0) is 19.2. The smallest absolute Gasteiger partial charge is 0.276 e. The van der Waals surface area contributed by atoms with E-state index in [2.05, 4.69) is 15.0 Å². The second kappa shape index (κ2) is 8.67. The Bertz CT molecular complexity index is 890. The van der Waals surface area contributed by atoms with Gasteiger partial charge in [0.1, 0.15) is 12.4 Å². The second-order valence-electron chi connectivity index (χ2n) is 6.67. The molecule has 1 aliphatic heterocycles. The highest BCUT2D eigenvalue weighted by Crippen LogP contribution is 2.14. The molecule has 1 aliphatic rings. The third-order valence-corrected chi connectivity index (χ3v) is 4.67. The largest absolute Gasteiger partial charge is 0.486 e. The highest BCUT2D eigenvalue weighted by atomic mass is 16.5. The molecule has 0 unspecified atom stereocenters. The number of pyridine rings is 1. The number of amides is 1. The Kier molecular flexibility index (Phi) is 5.63. The van der Waals surface area contributed by atoms with Gasteiger partial charge >= 0.3 is 0 Å². The number of aromatic nitrogens is 2. The van der Waals surface area contributed by atoms with E-state index in [1.165, 1.54) is 0 Å². The van der Waals surface area contributed by atoms with Gasteiger partial charge in [0.25, 0.3) is 5.91 Å². The fraction of sp³-hybridized carbons (Fsp3) is 0.286. The maximum atomic E-state index is 12.7. The quantitative estimate of drug-likeness (QED) is 0.657. The van der Waals surface area contributed by atoms with Gasteiger partial charge in [-0.1, -0.05) is 29.4 Å². The molecule has 0 radical (unpaired) electrons. The molecule has 1 saturated heterocycles. The first kappa shape index (κ1) is 18.2. The lowest BCUT2D eigenvalue weighted by Gasteiger charge is -2.34. The van der Waals surface area contributed by atoms with Crippen LogP contribution in [0.25, 0.3) is 0 Å². The van der Waals surface area contributed by atoms with Crippen molar-refractivity contribution >= 4 is 5.91 Å². The van der Waals surface area contributed by atoms with Gasteiger partial charge in [-0.3, -0.25) is 14.7 Å². The first-order valence-corrected chi connectivity index (χ1v) is 9.33. The Labute approximate surface area is 163 Å². The van der Waals surface area contributed by atoms with Crippen LogP contribution in [0, 0.1) is 0 Å². The highest BCUT2D eigenvalue weighted by molar-refractivity contribution is 5.92. The minimum atomic E-state index is -0.104. The molecule has 7 nitrogen and oxygen atoms in total. The van der Waals surface area contributed by atoms with Gasteiger partial charge in [-0.25, -0.2) is 0 Å². The standard InChI is InChI=1S/C21H22N4O3/c26-21(20-14-19(28-23-20)16-27-18-7-2-1-3-8-18)25-12-10-24(11-13-25)15-17-6-4-5-9-22-17/h1-9,14H,10-13,15-16H2. The molecule has 0 atom stereocenters. The van der Waals surface area contributed by atoms with Crippen molar-refractivity contribution in [1.82, 2.24) is 19.9 Å². The van der Waals surface area contributed by atoms with E-state index in [1.807, 2.05) is 53.4 Å². The van der Waals surface area contributed by atoms with E-state index < -0.39 is 0 Å². The molecule has 7 heteroatoms. The first-order chi connectivity index (χ1) is 13.8. The van der Waals surface area contributed by atoms with Crippen molar-refractivity contribution in [3.8, 4) is 5.75 Å². The van der Waals surface area contributed by atoms with Crippen molar-refractivity contribution in [3.05, 3.63) is 77.9 Å². The van der Waals surface area contributed by atoms with Crippen LogP contribution >= 0.6 is 0 Å². The molecule has 1 amide bonds. The van der Waals surface area contributed by atoms with Gasteiger partial charge in [0, 0.05) is 45.0 Å². The summed E-state index contributed by atoms with van der Waals surface area (Å²) in [5, 5.41) is 3.92. The van der Waals surface area contributed by atoms with Gasteiger partial charge in [-0.05, 0) is 24.3 Å². The van der Waals surface area contributed by atoms with Crippen molar-refractivity contribution < 1.29 is 14.1 Å². The third-order valence-electron chi connectivity index (χ3n) is 4.67. The van der Waals surface area contributed by atoms with Crippen LogP contribution in [0.1, 0.15) is 21.9 Å². The molecule has 28 heavy (non-hydrogen) atoms. The maximum Gasteiger partial charge on any atom is 0.276 e. The van der Waals surface area contributed by atoms with Gasteiger partial charge in [0.2, 0.25) is 0 Å². The number of hydrogen-bond acceptors (Lipinski definition) is 6. The molecular formula is C21H22N4O3. The number of hydrogen-bond donors (Lipinski definition) is 0. The van der Waals surface area contributed by atoms with E-state index >= 15 is 0 Å². The molecule has 1 fully saturated rings. The minimum Gasteiger partial charge on any atom is -0.486 e. The molecule has 0 saturated carbocycles. The van der Waals surface area contributed by atoms with Gasteiger partial charge in [-0.2, -0.15) is 0 Å². The Morgan fingerprint density at radius 2 is 1.82 bits per heavy atom. The number of para-hydroxylation sites is 1. The average Bonchev–Trinajstić information content (AvgIpc) is 3.23. The van der Waals surface area contributed by atoms with Crippen LogP contribution in [0.15, 0.2) is 65.3 Å². The summed E-state index contributed by atoms with van der Waals surface area (Å²) < 4.78 is 10.9. The number of piperazine rings is 1. The Morgan fingerprint density at radius 1 is 1.04 bits per heavy atom. The number of carbonyl (C=O) groups excluding carboxylic acids is 1. The predicted octanol–water partition coefficient (Wildman–Crippen LogP) is 2.61. The molecule has 0 N–H and O–H groups in total. The van der Waals surface area contributed by atoms with Crippen LogP contribution in [0.3, 0.4) is 0 Å². The number of benzene rings is 1. The van der Waals surface area contributed by atoms with Gasteiger partial charge in [0.15, 0.2) is 11.5 Å². The topological polar surface area (TPSA) is 71.7 Å². The Hall–Kier alpha value is -3.19. The summed E-state index contributed by atoms with van der Waals surface area (Å²) in [4.78, 5) is 21.2. The number of ether oxygens (including phenoxy) is 1. The van der Waals surface area contributed by atoms with Crippen molar-refractivity contribution in [2.24, 2.45) is 0 Å². The van der Waals surface area contributed by atoms with Crippen LogP contribution in [0.2, 0.25) is 0 Å². The molecule has 3 heterocycles. The summed E-state index contributed by atoms with van der Waals surface area (Å²) in [7, 11) is 0. The van der Waals surface area contributed by atoms with Gasteiger partial charge in [-0.15, -0.1) is 0 Å². The van der Waals surface area contributed by atoms with Gasteiger partial charge in [0.05, 0.1) is 5.69 Å². The number of carbonyl (C=O) groups is 1. The van der Waals surface area contributed by atoms with Crippen LogP contribution in [-0.4, -0.2) is 52.0 Å². The molecular weight excluding hydrogens is 356 g/mol. The number of nitrogens with zero attached hydrogens (tertiary/aromatic N) is 4. The molecule has 0 spiro atoms. The fourth-order valence-electron chi connectivity index (χ4n) is 3.14. The molecule has 144 valence electrons. The Morgan fingerprint density at radius 3 is 2.57 bits per heavy atom. The predicted molar refractivity (Wildman–Crippen MR) is 103 cm³/mol. The molecule has 1 aromatic carbocycles. The summed E-state index contributed by atoms with van der Waals surface area (Å²) in [6, 6.07) is 17.0. The lowest BCUT2D eigenvalue weighted by atomic mass is 10.2. The van der Waals surface area contributed by atoms with E-state index in [-0.39, 0.29) is 12.5 Å². The molecule has 0 bridgehead atoms. The van der Waals surface area contributed by atoms with E-state index in [1.54, 1.807) is 12.3 Å². The summed E-state index contributed by atoms with van der Waals surface area (Å²) in [6.45, 7) is 3.98. The normalized spacial score (nSPS) is 14.8. The summed E-state index contributed by atoms with van der Waals surface area (Å²) >= 11 is 0. The van der Waals surface area contributed by atoms with Crippen LogP contribution < -0.4 is 4.74 Å². The van der Waals surface area contributed by atoms with Gasteiger partial charge < -0.3 is 14.2 Å². The van der Waals surface area contributed by atoms with E-state index in [0.29, 0.717) is 24.5 Å². The van der Waals surface area contributed by atoms with Crippen molar-refractivity contribution in [3.63, 3.8) is 0 Å². The van der Waals surface area contributed by atoms with Crippen molar-refractivity contribution in [2.75, 3.05) is 26.2 Å². The lowest BCUT2D eigenvalue weighted by molar-refractivity contribution is 0.0617. The summed E-state index contributed by atoms with van der Waals surface area (Å²) in [5.41, 5.74) is 1.37. The van der Waals surface area contributed by atoms with Crippen molar-refractivity contribution in [1.29, 1.82) is 0 Å². The maximum absolute atomic E-state index is 12.7. The average molecular weight is 378 g/mol. The molecule has 3 aromatic rings. The van der Waals surface area contributed by atoms with Crippen LogP contribution in [0.4, 0.5) is 0 Å². The first-order valence-electron chi connectivity index (χ1n) is 9.33. The lowest BCUT2D eigenvalue weighted by Crippen LogP contribution is -2.48. The second-order valence-corrected chi connectivity index (χ2v) is 6.67. The molecule has 2 aromatic heterocycles. The monoisotopic (exact) mass is 378 g/mol. The Balaban J connectivity index is 1.28. The van der Waals surface area contributed by atoms with Crippen LogP contribution in [0.5, 0.6) is 5.75 Å². The third kappa shape index (κ3) is 4.55. The summed E-state index contributed by atoms with van der Waals surface area (Å²) in [6.07, 6.45) is 1.80. The van der Waals surface area contributed by atoms with Crippen LogP contribution in [-0.2, 0) is 13.2 Å². The highest BCUT2D eigenvalue weighted by Gasteiger charge is 2.24. The minimum absolute atomic E-state index is 0.104. The SMILES string of the molecule is O=C(c1cc(COc2ccccc2)on1)N1CCN(Cc2ccccn2)CC1. The molecule has 4 rings (SSSR count). The van der Waals surface area contributed by atoms with E-state index in [0.717, 1.165) is 31.1 Å². The number of rotatable bonds is 6. The zero-order valence-corrected chi connectivity index (χ0v) is 15.5. The van der Waals surface area contributed by atoms with E-state index in [9.17, 15) is 4.79 Å². The molecule has 0 aliphatic carbocycles.